The Labute approximate surface area is 127 Å². The van der Waals surface area contributed by atoms with Crippen LogP contribution < -0.4 is 9.47 Å². The van der Waals surface area contributed by atoms with Crippen LogP contribution in [0.5, 0.6) is 11.5 Å². The lowest BCUT2D eigenvalue weighted by Gasteiger charge is -2.15. The Bertz CT molecular complexity index is 629. The summed E-state index contributed by atoms with van der Waals surface area (Å²) in [5.74, 6) is 0.601. The fraction of sp³-hybridized carbons (Fsp3) is 0.250. The molecule has 0 saturated carbocycles. The molecule has 1 N–H and O–H groups in total. The van der Waals surface area contributed by atoms with Crippen molar-refractivity contribution in [1.82, 2.24) is 0 Å². The molecule has 0 unspecified atom stereocenters. The van der Waals surface area contributed by atoms with Gasteiger partial charge in [0.05, 0.1) is 18.2 Å². The molecule has 0 fully saturated rings. The van der Waals surface area contributed by atoms with Crippen molar-refractivity contribution in [1.29, 1.82) is 0 Å². The molecule has 3 nitrogen and oxygen atoms in total. The van der Waals surface area contributed by atoms with Gasteiger partial charge in [-0.05, 0) is 25.1 Å². The number of aliphatic hydroxyl groups is 1. The largest absolute Gasteiger partial charge is 0.497 e. The van der Waals surface area contributed by atoms with Crippen LogP contribution in [0.3, 0.4) is 0 Å². The molecule has 2 rings (SSSR count). The number of aliphatic hydroxyl groups excluding tert-OH is 1. The molecule has 0 heterocycles. The van der Waals surface area contributed by atoms with Crippen LogP contribution in [0.4, 0.5) is 4.39 Å². The van der Waals surface area contributed by atoms with Crippen molar-refractivity contribution in [2.24, 2.45) is 0 Å². The lowest BCUT2D eigenvalue weighted by molar-refractivity contribution is 0.190. The maximum absolute atomic E-state index is 13.4. The van der Waals surface area contributed by atoms with E-state index in [-0.39, 0.29) is 11.6 Å². The third-order valence-electron chi connectivity index (χ3n) is 3.09. The van der Waals surface area contributed by atoms with Gasteiger partial charge in [0.15, 0.2) is 0 Å². The topological polar surface area (TPSA) is 38.7 Å². The van der Waals surface area contributed by atoms with Crippen LogP contribution in [-0.4, -0.2) is 12.2 Å². The first-order valence-electron chi connectivity index (χ1n) is 6.44. The summed E-state index contributed by atoms with van der Waals surface area (Å²) in [4.78, 5) is 0. The SMILES string of the molecule is COc1ccc([C@@H](C)O)c(OCc2cccc(F)c2Cl)c1. The minimum Gasteiger partial charge on any atom is -0.497 e. The molecule has 0 amide bonds. The van der Waals surface area contributed by atoms with E-state index in [0.29, 0.717) is 22.6 Å². The van der Waals surface area contributed by atoms with E-state index >= 15 is 0 Å². The van der Waals surface area contributed by atoms with Gasteiger partial charge in [0, 0.05) is 17.2 Å². The van der Waals surface area contributed by atoms with E-state index < -0.39 is 11.9 Å². The molecular weight excluding hydrogens is 295 g/mol. The summed E-state index contributed by atoms with van der Waals surface area (Å²) in [5, 5.41) is 9.80. The van der Waals surface area contributed by atoms with E-state index in [1.807, 2.05) is 0 Å². The highest BCUT2D eigenvalue weighted by Crippen LogP contribution is 2.31. The summed E-state index contributed by atoms with van der Waals surface area (Å²) < 4.78 is 24.2. The van der Waals surface area contributed by atoms with E-state index in [4.69, 9.17) is 21.1 Å². The van der Waals surface area contributed by atoms with Crippen molar-refractivity contribution < 1.29 is 19.0 Å². The number of hydrogen-bond donors (Lipinski definition) is 1. The van der Waals surface area contributed by atoms with E-state index in [1.54, 1.807) is 44.4 Å². The molecule has 0 radical (unpaired) electrons. The normalized spacial score (nSPS) is 12.0. The Kier molecular flexibility index (Phi) is 5.04. The highest BCUT2D eigenvalue weighted by Gasteiger charge is 2.12. The van der Waals surface area contributed by atoms with Crippen LogP contribution in [0.2, 0.25) is 5.02 Å². The third kappa shape index (κ3) is 3.65. The highest BCUT2D eigenvalue weighted by atomic mass is 35.5. The molecular formula is C16H16ClFO3. The average Bonchev–Trinajstić information content (AvgIpc) is 2.48. The zero-order valence-electron chi connectivity index (χ0n) is 11.8. The van der Waals surface area contributed by atoms with E-state index in [2.05, 4.69) is 0 Å². The van der Waals surface area contributed by atoms with Crippen molar-refractivity contribution in [3.05, 3.63) is 58.4 Å². The molecule has 2 aromatic rings. The molecule has 0 aliphatic carbocycles. The van der Waals surface area contributed by atoms with Gasteiger partial charge in [-0.25, -0.2) is 4.39 Å². The number of ether oxygens (including phenoxy) is 2. The van der Waals surface area contributed by atoms with Gasteiger partial charge in [-0.3, -0.25) is 0 Å². The summed E-state index contributed by atoms with van der Waals surface area (Å²) in [6.07, 6.45) is -0.686. The predicted octanol–water partition coefficient (Wildman–Crippen LogP) is 4.12. The average molecular weight is 311 g/mol. The van der Waals surface area contributed by atoms with Gasteiger partial charge in [-0.1, -0.05) is 23.7 Å². The fourth-order valence-electron chi connectivity index (χ4n) is 1.93. The zero-order valence-corrected chi connectivity index (χ0v) is 12.5. The van der Waals surface area contributed by atoms with Crippen LogP contribution in [0.15, 0.2) is 36.4 Å². The van der Waals surface area contributed by atoms with Crippen LogP contribution in [0.25, 0.3) is 0 Å². The quantitative estimate of drug-likeness (QED) is 0.903. The molecule has 2 aromatic carbocycles. The first-order chi connectivity index (χ1) is 10.0. The number of hydrogen-bond acceptors (Lipinski definition) is 3. The van der Waals surface area contributed by atoms with Gasteiger partial charge in [0.1, 0.15) is 23.9 Å². The maximum Gasteiger partial charge on any atom is 0.142 e. The van der Waals surface area contributed by atoms with Crippen LogP contribution >= 0.6 is 11.6 Å². The molecule has 21 heavy (non-hydrogen) atoms. The number of halogens is 2. The van der Waals surface area contributed by atoms with Gasteiger partial charge in [0.2, 0.25) is 0 Å². The number of benzene rings is 2. The number of rotatable bonds is 5. The number of methoxy groups -OCH3 is 1. The van der Waals surface area contributed by atoms with Gasteiger partial charge in [-0.15, -0.1) is 0 Å². The second-order valence-corrected chi connectivity index (χ2v) is 4.96. The van der Waals surface area contributed by atoms with Crippen LogP contribution in [0, 0.1) is 5.82 Å². The second kappa shape index (κ2) is 6.78. The van der Waals surface area contributed by atoms with Gasteiger partial charge in [0.25, 0.3) is 0 Å². The summed E-state index contributed by atoms with van der Waals surface area (Å²) in [6.45, 7) is 1.74. The Morgan fingerprint density at radius 3 is 2.71 bits per heavy atom. The Balaban J connectivity index is 2.24. The minimum atomic E-state index is -0.686. The molecule has 0 bridgehead atoms. The lowest BCUT2D eigenvalue weighted by atomic mass is 10.1. The second-order valence-electron chi connectivity index (χ2n) is 4.58. The predicted molar refractivity (Wildman–Crippen MR) is 79.4 cm³/mol. The smallest absolute Gasteiger partial charge is 0.142 e. The van der Waals surface area contributed by atoms with Crippen molar-refractivity contribution >= 4 is 11.6 Å². The maximum atomic E-state index is 13.4. The molecule has 0 spiro atoms. The minimum absolute atomic E-state index is 0.0407. The van der Waals surface area contributed by atoms with Crippen molar-refractivity contribution in [3.63, 3.8) is 0 Å². The monoisotopic (exact) mass is 310 g/mol. The standard InChI is InChI=1S/C16H16ClFO3/c1-10(19)13-7-6-12(20-2)8-15(13)21-9-11-4-3-5-14(18)16(11)17/h3-8,10,19H,9H2,1-2H3/t10-/m1/s1. The molecule has 5 heteroatoms. The molecule has 0 aliphatic rings. The first kappa shape index (κ1) is 15.6. The van der Waals surface area contributed by atoms with Crippen molar-refractivity contribution in [3.8, 4) is 11.5 Å². The molecule has 112 valence electrons. The van der Waals surface area contributed by atoms with E-state index in [1.165, 1.54) is 6.07 Å². The Hall–Kier alpha value is -1.78. The molecule has 0 saturated heterocycles. The van der Waals surface area contributed by atoms with Gasteiger partial charge in [-0.2, -0.15) is 0 Å². The van der Waals surface area contributed by atoms with Crippen LogP contribution in [0.1, 0.15) is 24.2 Å². The first-order valence-corrected chi connectivity index (χ1v) is 6.82. The van der Waals surface area contributed by atoms with Crippen molar-refractivity contribution in [2.75, 3.05) is 7.11 Å². The lowest BCUT2D eigenvalue weighted by Crippen LogP contribution is -2.02. The summed E-state index contributed by atoms with van der Waals surface area (Å²) in [7, 11) is 1.55. The zero-order chi connectivity index (χ0) is 15.4. The summed E-state index contributed by atoms with van der Waals surface area (Å²) in [6, 6.07) is 9.69. The molecule has 0 aliphatic heterocycles. The fourth-order valence-corrected chi connectivity index (χ4v) is 2.11. The Morgan fingerprint density at radius 2 is 2.05 bits per heavy atom. The van der Waals surface area contributed by atoms with Gasteiger partial charge < -0.3 is 14.6 Å². The molecule has 0 aromatic heterocycles. The van der Waals surface area contributed by atoms with Gasteiger partial charge >= 0.3 is 0 Å². The summed E-state index contributed by atoms with van der Waals surface area (Å²) in [5.41, 5.74) is 1.17. The summed E-state index contributed by atoms with van der Waals surface area (Å²) >= 11 is 5.89. The third-order valence-corrected chi connectivity index (χ3v) is 3.51. The van der Waals surface area contributed by atoms with Crippen molar-refractivity contribution in [2.45, 2.75) is 19.6 Å². The molecule has 1 atom stereocenters. The van der Waals surface area contributed by atoms with E-state index in [9.17, 15) is 9.50 Å². The van der Waals surface area contributed by atoms with E-state index in [0.717, 1.165) is 0 Å². The highest BCUT2D eigenvalue weighted by molar-refractivity contribution is 6.31. The Morgan fingerprint density at radius 1 is 1.29 bits per heavy atom. The van der Waals surface area contributed by atoms with Crippen LogP contribution in [-0.2, 0) is 6.61 Å².